The van der Waals surface area contributed by atoms with E-state index in [0.717, 1.165) is 0 Å². The number of hydrogen-bond donors (Lipinski definition) is 1. The van der Waals surface area contributed by atoms with E-state index in [4.69, 9.17) is 0 Å². The van der Waals surface area contributed by atoms with Crippen LogP contribution >= 0.6 is 0 Å². The first-order valence-corrected chi connectivity index (χ1v) is 7.58. The van der Waals surface area contributed by atoms with Crippen LogP contribution in [0.2, 0.25) is 0 Å². The van der Waals surface area contributed by atoms with Crippen LogP contribution in [0.25, 0.3) is 0 Å². The Morgan fingerprint density at radius 3 is 2.15 bits per heavy atom. The lowest BCUT2D eigenvalue weighted by Gasteiger charge is -2.39. The number of aryl methyl sites for hydroxylation is 1. The van der Waals surface area contributed by atoms with Crippen LogP contribution in [0.15, 0.2) is 48.5 Å². The maximum absolute atomic E-state index is 9.56. The largest absolute Gasteiger partial charge is 0.508 e. The molecule has 20 heavy (non-hydrogen) atoms. The molecule has 1 saturated carbocycles. The van der Waals surface area contributed by atoms with E-state index < -0.39 is 0 Å². The van der Waals surface area contributed by atoms with E-state index in [-0.39, 0.29) is 5.41 Å². The van der Waals surface area contributed by atoms with Gasteiger partial charge in [0.1, 0.15) is 5.75 Å². The maximum Gasteiger partial charge on any atom is 0.115 e. The Morgan fingerprint density at radius 1 is 0.850 bits per heavy atom. The molecular weight excluding hydrogens is 244 g/mol. The first-order valence-electron chi connectivity index (χ1n) is 7.58. The van der Waals surface area contributed by atoms with Crippen molar-refractivity contribution in [3.8, 4) is 5.75 Å². The third-order valence-corrected chi connectivity index (χ3v) is 4.79. The third-order valence-electron chi connectivity index (χ3n) is 4.79. The molecule has 0 radical (unpaired) electrons. The fourth-order valence-electron chi connectivity index (χ4n) is 3.76. The predicted molar refractivity (Wildman–Crippen MR) is 83.2 cm³/mol. The highest BCUT2D eigenvalue weighted by Crippen LogP contribution is 2.46. The molecule has 104 valence electrons. The summed E-state index contributed by atoms with van der Waals surface area (Å²) in [6, 6.07) is 16.6. The average Bonchev–Trinajstić information content (AvgIpc) is 2.49. The smallest absolute Gasteiger partial charge is 0.115 e. The van der Waals surface area contributed by atoms with Crippen molar-refractivity contribution in [1.29, 1.82) is 0 Å². The molecule has 1 heteroatoms. The van der Waals surface area contributed by atoms with Crippen molar-refractivity contribution in [2.75, 3.05) is 0 Å². The van der Waals surface area contributed by atoms with Crippen LogP contribution < -0.4 is 0 Å². The molecule has 0 heterocycles. The van der Waals surface area contributed by atoms with Crippen molar-refractivity contribution in [3.05, 3.63) is 65.2 Å². The van der Waals surface area contributed by atoms with Gasteiger partial charge in [0.2, 0.25) is 0 Å². The van der Waals surface area contributed by atoms with Crippen LogP contribution in [0, 0.1) is 6.92 Å². The summed E-state index contributed by atoms with van der Waals surface area (Å²) in [6.45, 7) is 2.21. The van der Waals surface area contributed by atoms with Crippen LogP contribution in [-0.4, -0.2) is 5.11 Å². The fraction of sp³-hybridized carbons (Fsp3) is 0.368. The van der Waals surface area contributed by atoms with Crippen LogP contribution in [0.5, 0.6) is 5.75 Å². The van der Waals surface area contributed by atoms with E-state index in [0.29, 0.717) is 5.75 Å². The van der Waals surface area contributed by atoms with Crippen LogP contribution in [0.4, 0.5) is 0 Å². The zero-order chi connectivity index (χ0) is 14.0. The molecule has 1 aliphatic carbocycles. The van der Waals surface area contributed by atoms with Gasteiger partial charge in [0.15, 0.2) is 0 Å². The minimum absolute atomic E-state index is 0.136. The lowest BCUT2D eigenvalue weighted by Crippen LogP contribution is -2.31. The van der Waals surface area contributed by atoms with Crippen molar-refractivity contribution in [2.24, 2.45) is 0 Å². The van der Waals surface area contributed by atoms with Crippen molar-refractivity contribution >= 4 is 0 Å². The van der Waals surface area contributed by atoms with Gasteiger partial charge in [-0.25, -0.2) is 0 Å². The van der Waals surface area contributed by atoms with E-state index >= 15 is 0 Å². The molecule has 3 rings (SSSR count). The topological polar surface area (TPSA) is 20.2 Å². The highest BCUT2D eigenvalue weighted by Gasteiger charge is 2.36. The molecule has 0 aliphatic heterocycles. The minimum atomic E-state index is 0.136. The summed E-state index contributed by atoms with van der Waals surface area (Å²) < 4.78 is 0. The molecule has 1 fully saturated rings. The second-order valence-corrected chi connectivity index (χ2v) is 6.00. The Labute approximate surface area is 121 Å². The van der Waals surface area contributed by atoms with E-state index in [9.17, 15) is 5.11 Å². The second-order valence-electron chi connectivity index (χ2n) is 6.00. The predicted octanol–water partition coefficient (Wildman–Crippen LogP) is 4.95. The SMILES string of the molecule is Cc1ccccc1C1(c2ccc(O)cc2)CCCCC1. The molecule has 1 N–H and O–H groups in total. The van der Waals surface area contributed by atoms with Gasteiger partial charge in [-0.2, -0.15) is 0 Å². The molecular formula is C19H22O. The van der Waals surface area contributed by atoms with Gasteiger partial charge in [-0.1, -0.05) is 55.7 Å². The van der Waals surface area contributed by atoms with Crippen molar-refractivity contribution < 1.29 is 5.11 Å². The normalized spacial score (nSPS) is 17.9. The molecule has 0 unspecified atom stereocenters. The summed E-state index contributed by atoms with van der Waals surface area (Å²) in [7, 11) is 0. The Hall–Kier alpha value is -1.76. The molecule has 0 saturated heterocycles. The van der Waals surface area contributed by atoms with Gasteiger partial charge >= 0.3 is 0 Å². The molecule has 1 aliphatic rings. The Morgan fingerprint density at radius 2 is 1.50 bits per heavy atom. The van der Waals surface area contributed by atoms with Gasteiger partial charge in [0.25, 0.3) is 0 Å². The van der Waals surface area contributed by atoms with Crippen LogP contribution in [0.1, 0.15) is 48.8 Å². The summed E-state index contributed by atoms with van der Waals surface area (Å²) >= 11 is 0. The quantitative estimate of drug-likeness (QED) is 0.815. The first-order chi connectivity index (χ1) is 9.72. The Kier molecular flexibility index (Phi) is 3.52. The fourth-order valence-corrected chi connectivity index (χ4v) is 3.76. The van der Waals surface area contributed by atoms with Crippen molar-refractivity contribution in [3.63, 3.8) is 0 Å². The third kappa shape index (κ3) is 2.22. The summed E-state index contributed by atoms with van der Waals surface area (Å²) in [5.74, 6) is 0.351. The molecule has 0 aromatic heterocycles. The maximum atomic E-state index is 9.56. The zero-order valence-electron chi connectivity index (χ0n) is 12.1. The number of phenols is 1. The monoisotopic (exact) mass is 266 g/mol. The Balaban J connectivity index is 2.14. The van der Waals surface area contributed by atoms with Gasteiger partial charge in [0, 0.05) is 5.41 Å². The molecule has 0 amide bonds. The lowest BCUT2D eigenvalue weighted by molar-refractivity contribution is 0.344. The summed E-state index contributed by atoms with van der Waals surface area (Å²) in [5.41, 5.74) is 4.33. The first kappa shape index (κ1) is 13.2. The molecule has 0 atom stereocenters. The average molecular weight is 266 g/mol. The lowest BCUT2D eigenvalue weighted by atomic mass is 9.64. The van der Waals surface area contributed by atoms with Gasteiger partial charge in [-0.3, -0.25) is 0 Å². The van der Waals surface area contributed by atoms with Crippen LogP contribution in [-0.2, 0) is 5.41 Å². The summed E-state index contributed by atoms with van der Waals surface area (Å²) in [6.07, 6.45) is 6.33. The van der Waals surface area contributed by atoms with E-state index in [2.05, 4.69) is 43.3 Å². The van der Waals surface area contributed by atoms with Gasteiger partial charge in [0.05, 0.1) is 0 Å². The van der Waals surface area contributed by atoms with Gasteiger partial charge in [-0.05, 0) is 48.6 Å². The number of hydrogen-bond acceptors (Lipinski definition) is 1. The number of phenolic OH excluding ortho intramolecular Hbond substituents is 1. The molecule has 2 aromatic carbocycles. The second kappa shape index (κ2) is 5.32. The van der Waals surface area contributed by atoms with Gasteiger partial charge < -0.3 is 5.11 Å². The minimum Gasteiger partial charge on any atom is -0.508 e. The van der Waals surface area contributed by atoms with E-state index in [1.807, 2.05) is 12.1 Å². The van der Waals surface area contributed by atoms with E-state index in [1.54, 1.807) is 0 Å². The summed E-state index contributed by atoms with van der Waals surface area (Å²) in [4.78, 5) is 0. The summed E-state index contributed by atoms with van der Waals surface area (Å²) in [5, 5.41) is 9.56. The highest BCUT2D eigenvalue weighted by atomic mass is 16.3. The molecule has 2 aromatic rings. The standard InChI is InChI=1S/C19H22O/c1-15-7-3-4-8-18(15)19(13-5-2-6-14-19)16-9-11-17(20)12-10-16/h3-4,7-12,20H,2,5-6,13-14H2,1H3. The highest BCUT2D eigenvalue weighted by molar-refractivity contribution is 5.45. The van der Waals surface area contributed by atoms with Crippen molar-refractivity contribution in [2.45, 2.75) is 44.4 Å². The molecule has 0 spiro atoms. The Bertz CT molecular complexity index is 577. The van der Waals surface area contributed by atoms with Crippen LogP contribution in [0.3, 0.4) is 0 Å². The number of aromatic hydroxyl groups is 1. The van der Waals surface area contributed by atoms with Crippen molar-refractivity contribution in [1.82, 2.24) is 0 Å². The zero-order valence-corrected chi connectivity index (χ0v) is 12.1. The van der Waals surface area contributed by atoms with E-state index in [1.165, 1.54) is 48.8 Å². The number of benzene rings is 2. The van der Waals surface area contributed by atoms with Gasteiger partial charge in [-0.15, -0.1) is 0 Å². The molecule has 0 bridgehead atoms. The number of rotatable bonds is 2. The molecule has 1 nitrogen and oxygen atoms in total.